The van der Waals surface area contributed by atoms with E-state index in [0.29, 0.717) is 0 Å². The fourth-order valence-corrected chi connectivity index (χ4v) is 12.9. The number of benzene rings is 7. The molecule has 0 spiro atoms. The molecule has 2 unspecified atom stereocenters. The van der Waals surface area contributed by atoms with E-state index in [9.17, 15) is 0 Å². The topological polar surface area (TPSA) is 19.6 Å². The SMILES string of the molecule is C=Cc1ccc(C23CC4CC(C2)CC(c2ccc(N(c5ccc(CCCC)cc5)c5ccc(N(c6ccc7c(c6)CC7)c6ccc7oc8ccccc8c7c6)cc5)cc2)(C4)C3)cc1. The van der Waals surface area contributed by atoms with Gasteiger partial charge in [-0.3, -0.25) is 0 Å². The molecule has 0 aliphatic heterocycles. The van der Waals surface area contributed by atoms with Crippen LogP contribution in [0.2, 0.25) is 0 Å². The molecule has 4 saturated carbocycles. The molecule has 7 aromatic carbocycles. The fourth-order valence-electron chi connectivity index (χ4n) is 12.9. The Morgan fingerprint density at radius 2 is 1.08 bits per heavy atom. The van der Waals surface area contributed by atoms with Crippen molar-refractivity contribution in [1.29, 1.82) is 0 Å². The number of nitrogens with zero attached hydrogens (tertiary/aromatic N) is 2. The third-order valence-electron chi connectivity index (χ3n) is 15.7. The highest BCUT2D eigenvalue weighted by Crippen LogP contribution is 2.66. The van der Waals surface area contributed by atoms with Gasteiger partial charge in [-0.1, -0.05) is 98.8 Å². The number of aryl methyl sites for hydroxylation is 3. The molecule has 1 aromatic heterocycles. The van der Waals surface area contributed by atoms with Gasteiger partial charge in [0.05, 0.1) is 0 Å². The molecule has 4 bridgehead atoms. The lowest BCUT2D eigenvalue weighted by molar-refractivity contribution is -0.0281. The number of hydrogen-bond donors (Lipinski definition) is 0. The maximum Gasteiger partial charge on any atom is 0.135 e. The number of anilines is 6. The quantitative estimate of drug-likeness (QED) is 0.122. The van der Waals surface area contributed by atoms with Gasteiger partial charge in [-0.15, -0.1) is 0 Å². The van der Waals surface area contributed by atoms with Crippen molar-refractivity contribution in [2.24, 2.45) is 11.8 Å². The summed E-state index contributed by atoms with van der Waals surface area (Å²) in [4.78, 5) is 4.87. The summed E-state index contributed by atoms with van der Waals surface area (Å²) in [5.41, 5.74) is 17.9. The maximum atomic E-state index is 6.27. The first-order valence-electron chi connectivity index (χ1n) is 23.6. The second kappa shape index (κ2) is 15.2. The number of fused-ring (bicyclic) bond motifs is 4. The van der Waals surface area contributed by atoms with E-state index in [1.807, 2.05) is 12.1 Å². The minimum absolute atomic E-state index is 0.237. The molecule has 0 radical (unpaired) electrons. The van der Waals surface area contributed by atoms with Crippen LogP contribution in [0.25, 0.3) is 28.0 Å². The summed E-state index contributed by atoms with van der Waals surface area (Å²) in [5.74, 6) is 1.61. The first-order chi connectivity index (χ1) is 31.0. The van der Waals surface area contributed by atoms with Crippen molar-refractivity contribution < 1.29 is 4.42 Å². The zero-order valence-corrected chi connectivity index (χ0v) is 36.5. The van der Waals surface area contributed by atoms with Crippen molar-refractivity contribution in [3.63, 3.8) is 0 Å². The van der Waals surface area contributed by atoms with Crippen LogP contribution in [-0.4, -0.2) is 0 Å². The third-order valence-corrected chi connectivity index (χ3v) is 15.7. The van der Waals surface area contributed by atoms with Crippen LogP contribution in [0.3, 0.4) is 0 Å². The second-order valence-electron chi connectivity index (χ2n) is 19.6. The maximum absolute atomic E-state index is 6.27. The minimum atomic E-state index is 0.237. The lowest BCUT2D eigenvalue weighted by Crippen LogP contribution is -2.55. The highest BCUT2D eigenvalue weighted by atomic mass is 16.3. The van der Waals surface area contributed by atoms with E-state index >= 15 is 0 Å². The van der Waals surface area contributed by atoms with Crippen LogP contribution in [0.4, 0.5) is 34.1 Å². The molecular weight excluding hydrogens is 765 g/mol. The zero-order chi connectivity index (χ0) is 42.1. The Morgan fingerprint density at radius 3 is 1.68 bits per heavy atom. The molecule has 0 N–H and O–H groups in total. The molecule has 3 nitrogen and oxygen atoms in total. The van der Waals surface area contributed by atoms with Gasteiger partial charge in [-0.05, 0) is 205 Å². The molecule has 0 amide bonds. The summed E-state index contributed by atoms with van der Waals surface area (Å²) in [6.07, 6.45) is 15.8. The Kier molecular flexibility index (Phi) is 9.25. The highest BCUT2D eigenvalue weighted by Gasteiger charge is 2.58. The predicted octanol–water partition coefficient (Wildman–Crippen LogP) is 16.4. The fraction of sp³-hybridized carbons (Fsp3) is 0.267. The van der Waals surface area contributed by atoms with Gasteiger partial charge >= 0.3 is 0 Å². The molecular formula is C60H56N2O. The highest BCUT2D eigenvalue weighted by molar-refractivity contribution is 6.06. The van der Waals surface area contributed by atoms with E-state index in [0.717, 1.165) is 63.7 Å². The first kappa shape index (κ1) is 38.4. The van der Waals surface area contributed by atoms with Crippen LogP contribution in [0.1, 0.15) is 91.7 Å². The molecule has 0 saturated heterocycles. The van der Waals surface area contributed by atoms with Crippen molar-refractivity contribution in [2.75, 3.05) is 9.80 Å². The third kappa shape index (κ3) is 6.62. The van der Waals surface area contributed by atoms with Gasteiger partial charge in [0.1, 0.15) is 11.2 Å². The van der Waals surface area contributed by atoms with E-state index in [-0.39, 0.29) is 10.8 Å². The van der Waals surface area contributed by atoms with Gasteiger partial charge in [-0.2, -0.15) is 0 Å². The second-order valence-corrected chi connectivity index (χ2v) is 19.6. The summed E-state index contributed by atoms with van der Waals surface area (Å²) in [6.45, 7) is 6.30. The average Bonchev–Trinajstić information content (AvgIpc) is 3.68. The van der Waals surface area contributed by atoms with Crippen LogP contribution >= 0.6 is 0 Å². The van der Waals surface area contributed by atoms with Gasteiger partial charge in [0.15, 0.2) is 0 Å². The van der Waals surface area contributed by atoms with Crippen molar-refractivity contribution in [3.8, 4) is 0 Å². The molecule has 1 heterocycles. The Morgan fingerprint density at radius 1 is 0.556 bits per heavy atom. The molecule has 5 aliphatic rings. The van der Waals surface area contributed by atoms with Crippen molar-refractivity contribution >= 4 is 62.1 Å². The summed E-state index contributed by atoms with van der Waals surface area (Å²) < 4.78 is 6.27. The van der Waals surface area contributed by atoms with Crippen LogP contribution in [-0.2, 0) is 30.1 Å². The molecule has 2 atom stereocenters. The predicted molar refractivity (Wildman–Crippen MR) is 264 cm³/mol. The summed E-state index contributed by atoms with van der Waals surface area (Å²) in [6, 6.07) is 59.8. The monoisotopic (exact) mass is 820 g/mol. The number of hydrogen-bond acceptors (Lipinski definition) is 3. The molecule has 63 heavy (non-hydrogen) atoms. The summed E-state index contributed by atoms with van der Waals surface area (Å²) in [5, 5.41) is 2.28. The van der Waals surface area contributed by atoms with E-state index in [2.05, 4.69) is 175 Å². The zero-order valence-electron chi connectivity index (χ0n) is 36.5. The Labute approximate surface area is 372 Å². The van der Waals surface area contributed by atoms with Gasteiger partial charge < -0.3 is 14.2 Å². The normalized spacial score (nSPS) is 21.9. The van der Waals surface area contributed by atoms with Crippen LogP contribution in [0.5, 0.6) is 0 Å². The van der Waals surface area contributed by atoms with E-state index in [1.165, 1.54) is 103 Å². The number of unbranched alkanes of at least 4 members (excludes halogenated alkanes) is 1. The number of rotatable bonds is 12. The van der Waals surface area contributed by atoms with Gasteiger partial charge in [0, 0.05) is 44.9 Å². The minimum Gasteiger partial charge on any atom is -0.456 e. The number of furan rings is 1. The Bertz CT molecular complexity index is 2960. The standard InChI is InChI=1S/C60H56N2O/c1-3-5-8-42-13-22-49(23-14-42)61(50-25-20-48(21-26-50)60-38-43-33-44(39-60)37-59(36-43,40-60)47-18-11-41(4-2)12-19-47)51-27-29-52(30-28-51)62(53-24-17-45-15-16-46(45)34-53)54-31-32-58-56(35-54)55-9-6-7-10-57(55)63-58/h4,6-7,9-14,17-32,34-35,43-44H,2-3,5,8,15-16,33,36-40H2,1H3. The van der Waals surface area contributed by atoms with Gasteiger partial charge in [0.25, 0.3) is 0 Å². The van der Waals surface area contributed by atoms with Crippen molar-refractivity contribution in [2.45, 2.75) is 88.4 Å². The molecule has 8 aromatic rings. The molecule has 13 rings (SSSR count). The van der Waals surface area contributed by atoms with Crippen molar-refractivity contribution in [3.05, 3.63) is 198 Å². The van der Waals surface area contributed by atoms with E-state index in [1.54, 1.807) is 5.56 Å². The largest absolute Gasteiger partial charge is 0.456 e. The van der Waals surface area contributed by atoms with E-state index in [4.69, 9.17) is 4.42 Å². The van der Waals surface area contributed by atoms with Crippen molar-refractivity contribution in [1.82, 2.24) is 0 Å². The van der Waals surface area contributed by atoms with E-state index < -0.39 is 0 Å². The smallest absolute Gasteiger partial charge is 0.135 e. The molecule has 4 fully saturated rings. The van der Waals surface area contributed by atoms with Gasteiger partial charge in [0.2, 0.25) is 0 Å². The molecule has 5 aliphatic carbocycles. The lowest BCUT2D eigenvalue weighted by Gasteiger charge is -2.63. The lowest BCUT2D eigenvalue weighted by atomic mass is 9.42. The summed E-state index contributed by atoms with van der Waals surface area (Å²) in [7, 11) is 0. The molecule has 3 heteroatoms. The van der Waals surface area contributed by atoms with Crippen LogP contribution in [0.15, 0.2) is 169 Å². The first-order valence-corrected chi connectivity index (χ1v) is 23.6. The van der Waals surface area contributed by atoms with Crippen LogP contribution in [0, 0.1) is 11.8 Å². The number of para-hydroxylation sites is 1. The van der Waals surface area contributed by atoms with Gasteiger partial charge in [-0.25, -0.2) is 0 Å². The summed E-state index contributed by atoms with van der Waals surface area (Å²) >= 11 is 0. The Balaban J connectivity index is 0.911. The average molecular weight is 821 g/mol. The Hall–Kier alpha value is -6.32. The molecule has 312 valence electrons. The van der Waals surface area contributed by atoms with Crippen LogP contribution < -0.4 is 9.80 Å².